The molecule has 2 aromatic rings. The fraction of sp³-hybridized carbons (Fsp3) is 0.160. The lowest BCUT2D eigenvalue weighted by molar-refractivity contribution is -0.106. The number of hydrogen-bond acceptors (Lipinski definition) is 5. The Kier molecular flexibility index (Phi) is 10.1. The van der Waals surface area contributed by atoms with Crippen LogP contribution in [-0.2, 0) is 4.79 Å². The molecule has 32 heavy (non-hydrogen) atoms. The van der Waals surface area contributed by atoms with Gasteiger partial charge >= 0.3 is 0 Å². The zero-order valence-electron chi connectivity index (χ0n) is 18.3. The molecule has 4 rings (SSSR count). The van der Waals surface area contributed by atoms with Crippen molar-refractivity contribution in [2.75, 3.05) is 0 Å². The number of fused-ring (bicyclic) bond motifs is 2. The third kappa shape index (κ3) is 6.07. The number of nitrogens with two attached hydrogens (primary N) is 1. The predicted molar refractivity (Wildman–Crippen MR) is 134 cm³/mol. The summed E-state index contributed by atoms with van der Waals surface area (Å²) in [5.41, 5.74) is 6.05. The minimum absolute atomic E-state index is 0.350. The molecule has 0 aromatic heterocycles. The second-order valence-corrected chi connectivity index (χ2v) is 7.80. The molecule has 0 saturated heterocycles. The predicted octanol–water partition coefficient (Wildman–Crippen LogP) is 6.12. The number of nitrogen functional groups attached to an aromatic ring is 1. The van der Waals surface area contributed by atoms with E-state index in [2.05, 4.69) is 11.5 Å². The monoisotopic (exact) mass is 467 g/mol. The molecular formula is C25H26ClN3O2S. The highest BCUT2D eigenvalue weighted by molar-refractivity contribution is 7.99. The molecule has 2 aliphatic rings. The summed E-state index contributed by atoms with van der Waals surface area (Å²) >= 11 is 8.20. The Morgan fingerprint density at radius 3 is 2.59 bits per heavy atom. The van der Waals surface area contributed by atoms with Crippen molar-refractivity contribution in [3.8, 4) is 0 Å². The maximum atomic E-state index is 11.9. The summed E-state index contributed by atoms with van der Waals surface area (Å²) in [6, 6.07) is 13.5. The van der Waals surface area contributed by atoms with Crippen molar-refractivity contribution in [1.82, 2.24) is 5.43 Å². The van der Waals surface area contributed by atoms with Crippen LogP contribution in [-0.4, -0.2) is 17.9 Å². The van der Waals surface area contributed by atoms with Crippen molar-refractivity contribution in [3.63, 3.8) is 0 Å². The summed E-state index contributed by atoms with van der Waals surface area (Å²) < 4.78 is 0. The molecule has 0 unspecified atom stereocenters. The third-order valence-corrected chi connectivity index (χ3v) is 5.80. The van der Waals surface area contributed by atoms with Gasteiger partial charge in [-0.3, -0.25) is 10.2 Å². The molecule has 0 radical (unpaired) electrons. The molecule has 1 aliphatic carbocycles. The second-order valence-electron chi connectivity index (χ2n) is 6.26. The molecule has 0 saturated carbocycles. The number of allylic oxidation sites excluding steroid dienone is 6. The van der Waals surface area contributed by atoms with Crippen LogP contribution < -0.4 is 11.3 Å². The number of carbonyl (C=O) groups is 2. The number of carbonyl (C=O) groups excluding carboxylic acids is 2. The number of benzene rings is 2. The van der Waals surface area contributed by atoms with Crippen LogP contribution in [0.2, 0.25) is 0 Å². The number of hydrogen-bond donors (Lipinski definition) is 2. The summed E-state index contributed by atoms with van der Waals surface area (Å²) in [5, 5.41) is 0.734. The summed E-state index contributed by atoms with van der Waals surface area (Å²) in [4.78, 5) is 27.7. The molecule has 0 atom stereocenters. The van der Waals surface area contributed by atoms with Gasteiger partial charge in [-0.15, -0.1) is 0 Å². The summed E-state index contributed by atoms with van der Waals surface area (Å²) in [7, 11) is 0. The number of aliphatic imine (C=N–C) groups is 1. The Hall–Kier alpha value is -2.93. The summed E-state index contributed by atoms with van der Waals surface area (Å²) in [6.45, 7) is 5.44. The molecule has 2 aromatic carbocycles. The van der Waals surface area contributed by atoms with E-state index in [0.29, 0.717) is 12.0 Å². The van der Waals surface area contributed by atoms with Crippen molar-refractivity contribution in [1.29, 1.82) is 0 Å². The Balaban J connectivity index is 0.000000671. The van der Waals surface area contributed by atoms with Crippen molar-refractivity contribution in [2.45, 2.75) is 37.0 Å². The van der Waals surface area contributed by atoms with E-state index < -0.39 is 0 Å². The maximum Gasteiger partial charge on any atom is 0.265 e. The van der Waals surface area contributed by atoms with Crippen LogP contribution in [0.1, 0.15) is 43.1 Å². The minimum atomic E-state index is -0.350. The highest BCUT2D eigenvalue weighted by atomic mass is 35.5. The molecule has 3 N–H and O–H groups in total. The Morgan fingerprint density at radius 1 is 1.16 bits per heavy atom. The van der Waals surface area contributed by atoms with E-state index >= 15 is 0 Å². The first kappa shape index (κ1) is 25.3. The first-order valence-corrected chi connectivity index (χ1v) is 11.4. The smallest absolute Gasteiger partial charge is 0.265 e. The van der Waals surface area contributed by atoms with Crippen LogP contribution in [0.5, 0.6) is 0 Å². The average Bonchev–Trinajstić information content (AvgIpc) is 3.13. The molecule has 0 fully saturated rings. The van der Waals surface area contributed by atoms with Crippen LogP contribution in [0.25, 0.3) is 0 Å². The lowest BCUT2D eigenvalue weighted by Gasteiger charge is -2.11. The highest BCUT2D eigenvalue weighted by Gasteiger charge is 2.22. The summed E-state index contributed by atoms with van der Waals surface area (Å²) in [6.07, 6.45) is 9.34. The first-order chi connectivity index (χ1) is 15.6. The number of nitrogens with zero attached hydrogens (tertiary/aromatic N) is 1. The molecule has 7 heteroatoms. The van der Waals surface area contributed by atoms with Gasteiger partial charge in [-0.1, -0.05) is 79.7 Å². The average molecular weight is 468 g/mol. The van der Waals surface area contributed by atoms with Gasteiger partial charge in [0.1, 0.15) is 6.29 Å². The van der Waals surface area contributed by atoms with E-state index in [0.717, 1.165) is 43.6 Å². The molecule has 1 heterocycles. The number of amides is 1. The Morgan fingerprint density at radius 2 is 1.88 bits per heavy atom. The molecule has 1 aliphatic heterocycles. The van der Waals surface area contributed by atoms with Gasteiger partial charge in [0.2, 0.25) is 0 Å². The van der Waals surface area contributed by atoms with Gasteiger partial charge in [0.25, 0.3) is 5.91 Å². The Bertz CT molecular complexity index is 1100. The van der Waals surface area contributed by atoms with Crippen LogP contribution in [0, 0.1) is 0 Å². The molecule has 1 amide bonds. The van der Waals surface area contributed by atoms with E-state index in [9.17, 15) is 4.79 Å². The fourth-order valence-corrected chi connectivity index (χ4v) is 4.23. The number of hydrazine groups is 1. The van der Waals surface area contributed by atoms with Gasteiger partial charge in [0, 0.05) is 37.9 Å². The molecule has 5 nitrogen and oxygen atoms in total. The van der Waals surface area contributed by atoms with Crippen LogP contribution >= 0.6 is 23.4 Å². The quantitative estimate of drug-likeness (QED) is 0.241. The van der Waals surface area contributed by atoms with Gasteiger partial charge in [0.15, 0.2) is 0 Å². The molecular weight excluding hydrogens is 442 g/mol. The molecule has 166 valence electrons. The second kappa shape index (κ2) is 12.8. The Labute approximate surface area is 198 Å². The maximum absolute atomic E-state index is 11.9. The largest absolute Gasteiger partial charge is 0.304 e. The van der Waals surface area contributed by atoms with Gasteiger partial charge in [-0.25, -0.2) is 10.8 Å². The first-order valence-electron chi connectivity index (χ1n) is 10.2. The fourth-order valence-electron chi connectivity index (χ4n) is 2.98. The van der Waals surface area contributed by atoms with Crippen LogP contribution in [0.4, 0.5) is 5.69 Å². The normalized spacial score (nSPS) is 13.6. The van der Waals surface area contributed by atoms with Gasteiger partial charge < -0.3 is 4.79 Å². The number of rotatable bonds is 2. The van der Waals surface area contributed by atoms with Crippen molar-refractivity contribution in [2.24, 2.45) is 10.8 Å². The minimum Gasteiger partial charge on any atom is -0.304 e. The van der Waals surface area contributed by atoms with Crippen LogP contribution in [0.3, 0.4) is 0 Å². The number of halogens is 1. The third-order valence-electron chi connectivity index (χ3n) is 4.30. The highest BCUT2D eigenvalue weighted by Crippen LogP contribution is 2.42. The topological polar surface area (TPSA) is 84.5 Å². The van der Waals surface area contributed by atoms with E-state index in [1.165, 1.54) is 6.92 Å². The van der Waals surface area contributed by atoms with Crippen molar-refractivity contribution >= 4 is 47.0 Å². The zero-order valence-corrected chi connectivity index (χ0v) is 19.8. The SMILES string of the molecule is CC.CC=O.NNC(=O)c1ccc2c(c1)N=C(C1=C(Cl)CC=CC=C1)c1ccccc1S2. The number of aldehydes is 1. The lowest BCUT2D eigenvalue weighted by Crippen LogP contribution is -2.29. The van der Waals surface area contributed by atoms with Crippen molar-refractivity contribution < 1.29 is 9.59 Å². The standard InChI is InChI=1S/C21H16ClN3OS.C2H4O.C2H6/c22-16-8-3-1-2-6-14(16)20-15-7-4-5-9-18(15)27-19-11-10-13(21(26)25-23)12-17(19)24-20;1-2-3;1-2/h1-7,9-12H,8,23H2,(H,25,26);2H,1H3;1-2H3. The van der Waals surface area contributed by atoms with Crippen LogP contribution in [0.15, 0.2) is 92.2 Å². The zero-order chi connectivity index (χ0) is 23.5. The number of nitrogens with one attached hydrogen (secondary N) is 1. The van der Waals surface area contributed by atoms with Gasteiger partial charge in [-0.05, 0) is 31.2 Å². The lowest BCUT2D eigenvalue weighted by atomic mass is 10.0. The van der Waals surface area contributed by atoms with Crippen molar-refractivity contribution in [3.05, 3.63) is 88.5 Å². The molecule has 0 spiro atoms. The van der Waals surface area contributed by atoms with E-state index in [-0.39, 0.29) is 5.91 Å². The molecule has 0 bridgehead atoms. The van der Waals surface area contributed by atoms with Gasteiger partial charge in [0.05, 0.1) is 11.4 Å². The van der Waals surface area contributed by atoms with E-state index in [4.69, 9.17) is 27.2 Å². The van der Waals surface area contributed by atoms with Gasteiger partial charge in [-0.2, -0.15) is 0 Å². The van der Waals surface area contributed by atoms with E-state index in [1.54, 1.807) is 23.9 Å². The summed E-state index contributed by atoms with van der Waals surface area (Å²) in [5.74, 6) is 4.93. The van der Waals surface area contributed by atoms with E-state index in [1.807, 2.05) is 62.4 Å².